The van der Waals surface area contributed by atoms with E-state index in [9.17, 15) is 5.11 Å². The molecule has 3 nitrogen and oxygen atoms in total. The second-order valence-corrected chi connectivity index (χ2v) is 3.36. The first kappa shape index (κ1) is 10.9. The summed E-state index contributed by atoms with van der Waals surface area (Å²) in [7, 11) is 1.64. The molecule has 0 heterocycles. The fourth-order valence-corrected chi connectivity index (χ4v) is 1.09. The third-order valence-electron chi connectivity index (χ3n) is 1.92. The third-order valence-corrected chi connectivity index (χ3v) is 1.92. The molecule has 1 aromatic carbocycles. The number of benzene rings is 1. The highest BCUT2D eigenvalue weighted by Gasteiger charge is 2.02. The molecule has 0 aromatic heterocycles. The van der Waals surface area contributed by atoms with Gasteiger partial charge in [-0.2, -0.15) is 0 Å². The van der Waals surface area contributed by atoms with Crippen LogP contribution in [0.3, 0.4) is 0 Å². The molecule has 78 valence electrons. The summed E-state index contributed by atoms with van der Waals surface area (Å²) in [6.07, 6.45) is 0.0534. The molecule has 1 atom stereocenters. The summed E-state index contributed by atoms with van der Waals surface area (Å²) in [5, 5.41) is 9.31. The molecule has 3 heteroatoms. The molecule has 14 heavy (non-hydrogen) atoms. The lowest BCUT2D eigenvalue weighted by molar-refractivity contribution is 0.0715. The van der Waals surface area contributed by atoms with Crippen molar-refractivity contribution in [1.29, 1.82) is 0 Å². The number of phenolic OH excluding ortho intramolecular Hbond substituents is 1. The fraction of sp³-hybridized carbons (Fsp3) is 0.455. The molecule has 0 saturated carbocycles. The second-order valence-electron chi connectivity index (χ2n) is 3.36. The van der Waals surface area contributed by atoms with E-state index >= 15 is 0 Å². The van der Waals surface area contributed by atoms with Crippen molar-refractivity contribution >= 4 is 0 Å². The summed E-state index contributed by atoms with van der Waals surface area (Å²) in [5.74, 6) is 0.900. The Kier molecular flexibility index (Phi) is 3.77. The van der Waals surface area contributed by atoms with E-state index < -0.39 is 0 Å². The van der Waals surface area contributed by atoms with E-state index in [4.69, 9.17) is 9.47 Å². The first-order valence-corrected chi connectivity index (χ1v) is 4.58. The first-order chi connectivity index (χ1) is 6.61. The number of phenols is 1. The molecule has 0 radical (unpaired) electrons. The van der Waals surface area contributed by atoms with Gasteiger partial charge >= 0.3 is 0 Å². The van der Waals surface area contributed by atoms with Crippen LogP contribution in [0.1, 0.15) is 12.5 Å². The van der Waals surface area contributed by atoms with Crippen LogP contribution in [0, 0.1) is 6.92 Å². The molecular formula is C11H16O3. The van der Waals surface area contributed by atoms with Crippen LogP contribution in [0.15, 0.2) is 18.2 Å². The molecule has 0 saturated heterocycles. The zero-order valence-corrected chi connectivity index (χ0v) is 8.78. The van der Waals surface area contributed by atoms with E-state index in [1.54, 1.807) is 19.2 Å². The largest absolute Gasteiger partial charge is 0.508 e. The average molecular weight is 196 g/mol. The average Bonchev–Trinajstić information content (AvgIpc) is 2.12. The molecule has 1 rings (SSSR count). The summed E-state index contributed by atoms with van der Waals surface area (Å²) in [6, 6.07) is 5.16. The first-order valence-electron chi connectivity index (χ1n) is 4.58. The standard InChI is InChI=1S/C11H16O3/c1-8-4-10(12)6-11(5-8)14-7-9(2)13-3/h4-6,9,12H,7H2,1-3H3. The Morgan fingerprint density at radius 2 is 2.07 bits per heavy atom. The van der Waals surface area contributed by atoms with Crippen LogP contribution in [0.25, 0.3) is 0 Å². The van der Waals surface area contributed by atoms with Crippen LogP contribution in [-0.2, 0) is 4.74 Å². The highest BCUT2D eigenvalue weighted by Crippen LogP contribution is 2.21. The van der Waals surface area contributed by atoms with Gasteiger partial charge in [0.2, 0.25) is 0 Å². The maximum Gasteiger partial charge on any atom is 0.123 e. The Labute approximate surface area is 84.3 Å². The van der Waals surface area contributed by atoms with E-state index in [1.807, 2.05) is 19.9 Å². The number of aromatic hydroxyl groups is 1. The van der Waals surface area contributed by atoms with Gasteiger partial charge in [-0.05, 0) is 31.5 Å². The minimum absolute atomic E-state index is 0.0534. The van der Waals surface area contributed by atoms with Crippen molar-refractivity contribution in [3.05, 3.63) is 23.8 Å². The smallest absolute Gasteiger partial charge is 0.123 e. The molecule has 0 amide bonds. The van der Waals surface area contributed by atoms with Crippen molar-refractivity contribution in [2.24, 2.45) is 0 Å². The lowest BCUT2D eigenvalue weighted by Gasteiger charge is -2.11. The molecule has 0 spiro atoms. The number of methoxy groups -OCH3 is 1. The highest BCUT2D eigenvalue weighted by molar-refractivity contribution is 5.36. The lowest BCUT2D eigenvalue weighted by Crippen LogP contribution is -2.15. The van der Waals surface area contributed by atoms with Gasteiger partial charge in [0.15, 0.2) is 0 Å². The van der Waals surface area contributed by atoms with Crippen LogP contribution < -0.4 is 4.74 Å². The van der Waals surface area contributed by atoms with Crippen LogP contribution in [0.4, 0.5) is 0 Å². The van der Waals surface area contributed by atoms with Crippen molar-refractivity contribution in [2.45, 2.75) is 20.0 Å². The Morgan fingerprint density at radius 3 is 2.64 bits per heavy atom. The summed E-state index contributed by atoms with van der Waals surface area (Å²) >= 11 is 0. The Bertz CT molecular complexity index is 276. The monoisotopic (exact) mass is 196 g/mol. The van der Waals surface area contributed by atoms with Gasteiger partial charge in [-0.3, -0.25) is 0 Å². The van der Waals surface area contributed by atoms with Crippen molar-refractivity contribution in [1.82, 2.24) is 0 Å². The molecule has 1 N–H and O–H groups in total. The zero-order chi connectivity index (χ0) is 10.6. The maximum atomic E-state index is 9.31. The van der Waals surface area contributed by atoms with Gasteiger partial charge < -0.3 is 14.6 Å². The van der Waals surface area contributed by atoms with Crippen LogP contribution in [-0.4, -0.2) is 24.9 Å². The molecule has 0 fully saturated rings. The van der Waals surface area contributed by atoms with E-state index in [1.165, 1.54) is 0 Å². The van der Waals surface area contributed by atoms with E-state index in [0.717, 1.165) is 5.56 Å². The summed E-state index contributed by atoms with van der Waals surface area (Å²) < 4.78 is 10.5. The van der Waals surface area contributed by atoms with Gasteiger partial charge in [-0.15, -0.1) is 0 Å². The molecule has 1 aromatic rings. The van der Waals surface area contributed by atoms with E-state index in [2.05, 4.69) is 0 Å². The van der Waals surface area contributed by atoms with Gasteiger partial charge in [0, 0.05) is 13.2 Å². The van der Waals surface area contributed by atoms with Gasteiger partial charge in [-0.1, -0.05) is 0 Å². The second kappa shape index (κ2) is 4.86. The SMILES string of the molecule is COC(C)COc1cc(C)cc(O)c1. The maximum absolute atomic E-state index is 9.31. The highest BCUT2D eigenvalue weighted by atomic mass is 16.5. The van der Waals surface area contributed by atoms with Crippen molar-refractivity contribution in [2.75, 3.05) is 13.7 Å². The predicted octanol–water partition coefficient (Wildman–Crippen LogP) is 2.11. The van der Waals surface area contributed by atoms with Crippen molar-refractivity contribution in [3.63, 3.8) is 0 Å². The third kappa shape index (κ3) is 3.26. The quantitative estimate of drug-likeness (QED) is 0.801. The Morgan fingerprint density at radius 1 is 1.36 bits per heavy atom. The van der Waals surface area contributed by atoms with Gasteiger partial charge in [0.1, 0.15) is 18.1 Å². The summed E-state index contributed by atoms with van der Waals surface area (Å²) in [4.78, 5) is 0. The van der Waals surface area contributed by atoms with Crippen molar-refractivity contribution in [3.8, 4) is 11.5 Å². The number of ether oxygens (including phenoxy) is 2. The fourth-order valence-electron chi connectivity index (χ4n) is 1.09. The van der Waals surface area contributed by atoms with Crippen LogP contribution >= 0.6 is 0 Å². The van der Waals surface area contributed by atoms with Gasteiger partial charge in [0.05, 0.1) is 6.10 Å². The summed E-state index contributed by atoms with van der Waals surface area (Å²) in [6.45, 7) is 4.32. The molecule has 0 aliphatic rings. The topological polar surface area (TPSA) is 38.7 Å². The number of aryl methyl sites for hydroxylation is 1. The molecular weight excluding hydrogens is 180 g/mol. The van der Waals surface area contributed by atoms with E-state index in [-0.39, 0.29) is 11.9 Å². The molecule has 1 unspecified atom stereocenters. The molecule has 0 aliphatic carbocycles. The minimum Gasteiger partial charge on any atom is -0.508 e. The lowest BCUT2D eigenvalue weighted by atomic mass is 10.2. The normalized spacial score (nSPS) is 12.5. The van der Waals surface area contributed by atoms with Crippen LogP contribution in [0.2, 0.25) is 0 Å². The van der Waals surface area contributed by atoms with Crippen LogP contribution in [0.5, 0.6) is 11.5 Å². The number of hydrogen-bond donors (Lipinski definition) is 1. The number of hydrogen-bond acceptors (Lipinski definition) is 3. The molecule has 0 aliphatic heterocycles. The number of rotatable bonds is 4. The Hall–Kier alpha value is -1.22. The minimum atomic E-state index is 0.0534. The van der Waals surface area contributed by atoms with Gasteiger partial charge in [0.25, 0.3) is 0 Å². The predicted molar refractivity (Wildman–Crippen MR) is 54.8 cm³/mol. The zero-order valence-electron chi connectivity index (χ0n) is 8.78. The van der Waals surface area contributed by atoms with Gasteiger partial charge in [-0.25, -0.2) is 0 Å². The molecule has 0 bridgehead atoms. The Balaban J connectivity index is 2.58. The van der Waals surface area contributed by atoms with E-state index in [0.29, 0.717) is 12.4 Å². The summed E-state index contributed by atoms with van der Waals surface area (Å²) in [5.41, 5.74) is 0.977. The van der Waals surface area contributed by atoms with Crippen molar-refractivity contribution < 1.29 is 14.6 Å².